The van der Waals surface area contributed by atoms with E-state index in [2.05, 4.69) is 15.3 Å². The Bertz CT molecular complexity index is 698. The molecule has 1 N–H and O–H groups in total. The Balaban J connectivity index is 1.42. The molecule has 3 rings (SSSR count). The number of carbonyl (C=O) groups is 1. The molecule has 0 bridgehead atoms. The van der Waals surface area contributed by atoms with E-state index in [4.69, 9.17) is 16.3 Å². The first kappa shape index (κ1) is 17.9. The van der Waals surface area contributed by atoms with Crippen LogP contribution in [0.4, 0.5) is 0 Å². The maximum absolute atomic E-state index is 12.2. The first-order valence-corrected chi connectivity index (χ1v) is 9.01. The summed E-state index contributed by atoms with van der Waals surface area (Å²) < 4.78 is 6.95. The molecule has 1 aromatic heterocycles. The van der Waals surface area contributed by atoms with Crippen LogP contribution in [0.1, 0.15) is 23.3 Å². The van der Waals surface area contributed by atoms with E-state index in [0.29, 0.717) is 17.3 Å². The molecule has 25 heavy (non-hydrogen) atoms. The number of ether oxygens (including phenoxy) is 1. The van der Waals surface area contributed by atoms with Crippen LogP contribution in [0.2, 0.25) is 5.02 Å². The largest absolute Gasteiger partial charge is 0.379 e. The molecule has 1 aromatic carbocycles. The Hall–Kier alpha value is -1.89. The van der Waals surface area contributed by atoms with Gasteiger partial charge in [-0.1, -0.05) is 23.7 Å². The zero-order valence-electron chi connectivity index (χ0n) is 14.2. The first-order chi connectivity index (χ1) is 12.2. The van der Waals surface area contributed by atoms with Crippen LogP contribution in [0.25, 0.3) is 5.69 Å². The number of carbonyl (C=O) groups excluding carboxylic acids is 1. The van der Waals surface area contributed by atoms with Crippen molar-refractivity contribution < 1.29 is 9.53 Å². The maximum atomic E-state index is 12.2. The maximum Gasteiger partial charge on any atom is 0.271 e. The van der Waals surface area contributed by atoms with Crippen LogP contribution in [0, 0.1) is 0 Å². The molecule has 0 atom stereocenters. The van der Waals surface area contributed by atoms with Gasteiger partial charge in [0.15, 0.2) is 5.69 Å². The van der Waals surface area contributed by atoms with Gasteiger partial charge in [0.2, 0.25) is 0 Å². The second kappa shape index (κ2) is 8.99. The molecule has 134 valence electrons. The average molecular weight is 363 g/mol. The number of hydrogen-bond donors (Lipinski definition) is 1. The average Bonchev–Trinajstić information content (AvgIpc) is 3.12. The number of nitrogens with zero attached hydrogens (tertiary/aromatic N) is 3. The topological polar surface area (TPSA) is 59.4 Å². The van der Waals surface area contributed by atoms with Crippen molar-refractivity contribution in [3.8, 4) is 5.69 Å². The number of para-hydroxylation sites is 1. The van der Waals surface area contributed by atoms with Crippen molar-refractivity contribution in [1.29, 1.82) is 0 Å². The summed E-state index contributed by atoms with van der Waals surface area (Å²) in [5.41, 5.74) is 1.15. The molecule has 1 aliphatic rings. The van der Waals surface area contributed by atoms with Crippen molar-refractivity contribution in [2.75, 3.05) is 39.4 Å². The van der Waals surface area contributed by atoms with Crippen LogP contribution >= 0.6 is 11.6 Å². The molecule has 1 aliphatic heterocycles. The molecule has 2 heterocycles. The Morgan fingerprint density at radius 1 is 1.20 bits per heavy atom. The molecule has 0 spiro atoms. The van der Waals surface area contributed by atoms with E-state index in [9.17, 15) is 4.79 Å². The van der Waals surface area contributed by atoms with Gasteiger partial charge in [-0.05, 0) is 37.6 Å². The highest BCUT2D eigenvalue weighted by Gasteiger charge is 2.12. The van der Waals surface area contributed by atoms with Gasteiger partial charge in [-0.2, -0.15) is 5.10 Å². The third kappa shape index (κ3) is 5.04. The van der Waals surface area contributed by atoms with E-state index >= 15 is 0 Å². The number of morpholine rings is 1. The number of aromatic nitrogens is 2. The zero-order valence-corrected chi connectivity index (χ0v) is 14.9. The Morgan fingerprint density at radius 2 is 2.00 bits per heavy atom. The van der Waals surface area contributed by atoms with Gasteiger partial charge in [-0.25, -0.2) is 4.68 Å². The predicted molar refractivity (Wildman–Crippen MR) is 97.4 cm³/mol. The summed E-state index contributed by atoms with van der Waals surface area (Å²) in [6, 6.07) is 9.11. The Morgan fingerprint density at radius 3 is 2.80 bits per heavy atom. The minimum Gasteiger partial charge on any atom is -0.379 e. The summed E-state index contributed by atoms with van der Waals surface area (Å²) in [6.45, 7) is 5.37. The molecule has 0 saturated carbocycles. The predicted octanol–water partition coefficient (Wildman–Crippen LogP) is 2.37. The summed E-state index contributed by atoms with van der Waals surface area (Å²) >= 11 is 6.16. The summed E-state index contributed by atoms with van der Waals surface area (Å²) in [6.07, 6.45) is 3.76. The standard InChI is InChI=1S/C18H23ClN4O2/c19-15-5-1-2-6-17(15)23-10-7-16(21-23)18(24)20-8-3-4-9-22-11-13-25-14-12-22/h1-2,5-7,10H,3-4,8-9,11-14H2,(H,20,24). The van der Waals surface area contributed by atoms with E-state index < -0.39 is 0 Å². The van der Waals surface area contributed by atoms with Crippen LogP contribution < -0.4 is 5.32 Å². The van der Waals surface area contributed by atoms with Gasteiger partial charge in [0.1, 0.15) is 0 Å². The SMILES string of the molecule is O=C(NCCCCN1CCOCC1)c1ccn(-c2ccccc2Cl)n1. The summed E-state index contributed by atoms with van der Waals surface area (Å²) in [5.74, 6) is -0.155. The van der Waals surface area contributed by atoms with Crippen molar-refractivity contribution in [1.82, 2.24) is 20.0 Å². The monoisotopic (exact) mass is 362 g/mol. The quantitative estimate of drug-likeness (QED) is 0.768. The smallest absolute Gasteiger partial charge is 0.271 e. The van der Waals surface area contributed by atoms with Crippen molar-refractivity contribution in [3.63, 3.8) is 0 Å². The van der Waals surface area contributed by atoms with Gasteiger partial charge in [0, 0.05) is 25.8 Å². The van der Waals surface area contributed by atoms with Crippen LogP contribution in [0.5, 0.6) is 0 Å². The van der Waals surface area contributed by atoms with Crippen LogP contribution in [0.3, 0.4) is 0 Å². The van der Waals surface area contributed by atoms with Crippen molar-refractivity contribution in [2.45, 2.75) is 12.8 Å². The van der Waals surface area contributed by atoms with Crippen molar-refractivity contribution in [3.05, 3.63) is 47.2 Å². The highest BCUT2D eigenvalue weighted by molar-refractivity contribution is 6.32. The summed E-state index contributed by atoms with van der Waals surface area (Å²) in [4.78, 5) is 14.6. The molecule has 1 saturated heterocycles. The number of benzene rings is 1. The second-order valence-electron chi connectivity index (χ2n) is 6.01. The van der Waals surface area contributed by atoms with Crippen molar-refractivity contribution >= 4 is 17.5 Å². The first-order valence-electron chi connectivity index (χ1n) is 8.63. The third-order valence-corrected chi connectivity index (χ3v) is 4.53. The van der Waals surface area contributed by atoms with E-state index in [0.717, 1.165) is 51.4 Å². The summed E-state index contributed by atoms with van der Waals surface area (Å²) in [7, 11) is 0. The molecular formula is C18H23ClN4O2. The number of unbranched alkanes of at least 4 members (excludes halogenated alkanes) is 1. The van der Waals surface area contributed by atoms with Gasteiger partial charge in [0.25, 0.3) is 5.91 Å². The molecule has 0 radical (unpaired) electrons. The highest BCUT2D eigenvalue weighted by atomic mass is 35.5. The molecule has 6 nitrogen and oxygen atoms in total. The summed E-state index contributed by atoms with van der Waals surface area (Å²) in [5, 5.41) is 7.83. The fraction of sp³-hybridized carbons (Fsp3) is 0.444. The second-order valence-corrected chi connectivity index (χ2v) is 6.42. The molecule has 7 heteroatoms. The normalized spacial score (nSPS) is 15.2. The van der Waals surface area contributed by atoms with Gasteiger partial charge in [-0.3, -0.25) is 9.69 Å². The fourth-order valence-electron chi connectivity index (χ4n) is 2.79. The third-order valence-electron chi connectivity index (χ3n) is 4.21. The minimum atomic E-state index is -0.155. The van der Waals surface area contributed by atoms with E-state index in [1.165, 1.54) is 0 Å². The van der Waals surface area contributed by atoms with E-state index in [-0.39, 0.29) is 5.91 Å². The van der Waals surface area contributed by atoms with Crippen molar-refractivity contribution in [2.24, 2.45) is 0 Å². The van der Waals surface area contributed by atoms with Crippen LogP contribution in [-0.4, -0.2) is 60.0 Å². The van der Waals surface area contributed by atoms with Gasteiger partial charge < -0.3 is 10.1 Å². The van der Waals surface area contributed by atoms with Gasteiger partial charge >= 0.3 is 0 Å². The molecule has 2 aromatic rings. The number of nitrogens with one attached hydrogen (secondary N) is 1. The van der Waals surface area contributed by atoms with Crippen LogP contribution in [-0.2, 0) is 4.74 Å². The number of amides is 1. The minimum absolute atomic E-state index is 0.155. The van der Waals surface area contributed by atoms with Gasteiger partial charge in [0.05, 0.1) is 23.9 Å². The molecule has 0 unspecified atom stereocenters. The molecule has 1 fully saturated rings. The molecule has 1 amide bonds. The lowest BCUT2D eigenvalue weighted by Crippen LogP contribution is -2.37. The Kier molecular flexibility index (Phi) is 6.44. The lowest BCUT2D eigenvalue weighted by molar-refractivity contribution is 0.0372. The Labute approximate surface area is 152 Å². The van der Waals surface area contributed by atoms with E-state index in [1.54, 1.807) is 23.0 Å². The van der Waals surface area contributed by atoms with Gasteiger partial charge in [-0.15, -0.1) is 0 Å². The number of halogens is 1. The van der Waals surface area contributed by atoms with E-state index in [1.807, 2.05) is 18.2 Å². The lowest BCUT2D eigenvalue weighted by atomic mass is 10.2. The fourth-order valence-corrected chi connectivity index (χ4v) is 3.02. The number of rotatable bonds is 7. The number of hydrogen-bond acceptors (Lipinski definition) is 4. The van der Waals surface area contributed by atoms with Crippen LogP contribution in [0.15, 0.2) is 36.5 Å². The highest BCUT2D eigenvalue weighted by Crippen LogP contribution is 2.19. The lowest BCUT2D eigenvalue weighted by Gasteiger charge is -2.26. The molecular weight excluding hydrogens is 340 g/mol. The zero-order chi connectivity index (χ0) is 17.5. The molecule has 0 aliphatic carbocycles.